The molecule has 0 saturated heterocycles. The molecule has 1 N–H and O–H groups in total. The molecule has 38 heavy (non-hydrogen) atoms. The highest BCUT2D eigenvalue weighted by molar-refractivity contribution is 7.11. The lowest BCUT2D eigenvalue weighted by Gasteiger charge is -2.13. The van der Waals surface area contributed by atoms with Crippen LogP contribution in [-0.2, 0) is 22.4 Å². The second kappa shape index (κ2) is 20.3. The number of aromatic nitrogens is 1. The third-order valence-corrected chi connectivity index (χ3v) is 7.19. The number of carbonyl (C=O) groups excluding carboxylic acids is 2. The lowest BCUT2D eigenvalue weighted by molar-refractivity contribution is -0.126. The molecule has 214 valence electrons. The maximum absolute atomic E-state index is 12.3. The van der Waals surface area contributed by atoms with E-state index in [2.05, 4.69) is 35.8 Å². The predicted octanol–water partition coefficient (Wildman–Crippen LogP) is 6.88. The molecule has 2 atom stereocenters. The molecule has 2 rings (SSSR count). The maximum atomic E-state index is 12.3. The van der Waals surface area contributed by atoms with Crippen LogP contribution in [0.5, 0.6) is 0 Å². The summed E-state index contributed by atoms with van der Waals surface area (Å²) in [5, 5.41) is 4.25. The molecule has 2 unspecified atom stereocenters. The number of rotatable bonds is 13. The van der Waals surface area contributed by atoms with E-state index in [9.17, 15) is 9.59 Å². The zero-order valence-corrected chi connectivity index (χ0v) is 25.6. The maximum Gasteiger partial charge on any atom is 0.347 e. The smallest absolute Gasteiger partial charge is 0.347 e. The van der Waals surface area contributed by atoms with E-state index in [-0.39, 0.29) is 23.2 Å². The number of nitrogens with one attached hydrogen (secondary N) is 1. The molecule has 0 aliphatic heterocycles. The zero-order chi connectivity index (χ0) is 29.1. The fourth-order valence-electron chi connectivity index (χ4n) is 3.33. The summed E-state index contributed by atoms with van der Waals surface area (Å²) < 4.78 is 9.27. The van der Waals surface area contributed by atoms with E-state index < -0.39 is 5.63 Å². The monoisotopic (exact) mass is 548 g/mol. The minimum Gasteiger partial charge on any atom is -0.471 e. The number of ketones is 1. The Labute approximate surface area is 233 Å². The Kier molecular flexibility index (Phi) is 18.8. The number of hydrogen-bond donors (Lipinski definition) is 1. The minimum atomic E-state index is -0.502. The van der Waals surface area contributed by atoms with Crippen molar-refractivity contribution in [2.24, 2.45) is 11.8 Å². The van der Waals surface area contributed by atoms with Crippen LogP contribution in [0.15, 0.2) is 33.8 Å². The third kappa shape index (κ3) is 13.7. The van der Waals surface area contributed by atoms with Gasteiger partial charge in [0.2, 0.25) is 0 Å². The Balaban J connectivity index is 0.000000712. The van der Waals surface area contributed by atoms with Crippen LogP contribution in [0.25, 0.3) is 0 Å². The number of allylic oxidation sites excluding steroid dienone is 1. The average Bonchev–Trinajstić information content (AvgIpc) is 3.37. The van der Waals surface area contributed by atoms with Gasteiger partial charge in [0.05, 0.1) is 12.1 Å². The number of nitrogens with zero attached hydrogens (tertiary/aromatic N) is 1. The largest absolute Gasteiger partial charge is 0.471 e. The van der Waals surface area contributed by atoms with E-state index in [0.29, 0.717) is 24.2 Å². The van der Waals surface area contributed by atoms with Gasteiger partial charge in [-0.2, -0.15) is 0 Å². The summed E-state index contributed by atoms with van der Waals surface area (Å²) in [5.74, 6) is 1.31. The predicted molar refractivity (Wildman–Crippen MR) is 157 cm³/mol. The summed E-state index contributed by atoms with van der Waals surface area (Å²) >= 11 is 1.86. The molecule has 0 radical (unpaired) electrons. The first-order chi connectivity index (χ1) is 18.1. The molecule has 7 nitrogen and oxygen atoms in total. The lowest BCUT2D eigenvalue weighted by Crippen LogP contribution is -2.22. The second-order valence-corrected chi connectivity index (χ2v) is 10.9. The standard InChI is InChI=1S/C18H27NO3.C10H17NS.C2H4O2/c1-6-12(2)17(20)16-14(4)11-15(22-18(16)21)13(3)9-7-8-10-19-5;1-4-9-7-11-10(12-9)6-5-8(2)3;1-4-2-3/h8,10-13,19H,6-7,9H2,1-5H3;7-8H,4-6H2,1-3H3;2H,1H3/b10-8+;;. The summed E-state index contributed by atoms with van der Waals surface area (Å²) in [6.45, 7) is 14.7. The number of hydrogen-bond acceptors (Lipinski definition) is 8. The normalized spacial score (nSPS) is 12.2. The van der Waals surface area contributed by atoms with Crippen LogP contribution >= 0.6 is 11.3 Å². The van der Waals surface area contributed by atoms with Gasteiger partial charge >= 0.3 is 5.63 Å². The second-order valence-electron chi connectivity index (χ2n) is 9.68. The van der Waals surface area contributed by atoms with Gasteiger partial charge in [0.1, 0.15) is 11.3 Å². The van der Waals surface area contributed by atoms with Gasteiger partial charge in [-0.05, 0) is 69.2 Å². The van der Waals surface area contributed by atoms with Crippen molar-refractivity contribution in [3.63, 3.8) is 0 Å². The van der Waals surface area contributed by atoms with Crippen molar-refractivity contribution in [1.82, 2.24) is 10.3 Å². The molecule has 2 heterocycles. The van der Waals surface area contributed by atoms with Gasteiger partial charge in [-0.1, -0.05) is 47.6 Å². The molecular formula is C30H48N2O5S. The first-order valence-electron chi connectivity index (χ1n) is 13.5. The number of methoxy groups -OCH3 is 1. The Bertz CT molecular complexity index is 1030. The van der Waals surface area contributed by atoms with Crippen molar-refractivity contribution in [1.29, 1.82) is 0 Å². The van der Waals surface area contributed by atoms with Gasteiger partial charge in [-0.25, -0.2) is 9.78 Å². The van der Waals surface area contributed by atoms with E-state index in [4.69, 9.17) is 9.21 Å². The Hall–Kier alpha value is -2.74. The minimum absolute atomic E-state index is 0.120. The summed E-state index contributed by atoms with van der Waals surface area (Å²) in [7, 11) is 3.17. The topological polar surface area (TPSA) is 98.5 Å². The molecule has 0 saturated carbocycles. The van der Waals surface area contributed by atoms with Gasteiger partial charge in [0.25, 0.3) is 6.47 Å². The molecule has 0 aliphatic rings. The van der Waals surface area contributed by atoms with Crippen LogP contribution in [0.4, 0.5) is 0 Å². The van der Waals surface area contributed by atoms with Crippen LogP contribution in [0.3, 0.4) is 0 Å². The SMILES string of the molecule is CCC(C)C(=O)c1c(C)cc(C(C)CC/C=C/NC)oc1=O.CCc1cnc(CCC(C)C)s1.COC=O. The third-order valence-electron chi connectivity index (χ3n) is 5.99. The molecule has 0 aromatic carbocycles. The van der Waals surface area contributed by atoms with Gasteiger partial charge in [0, 0.05) is 30.0 Å². The first-order valence-corrected chi connectivity index (χ1v) is 14.3. The van der Waals surface area contributed by atoms with E-state index in [1.54, 1.807) is 0 Å². The van der Waals surface area contributed by atoms with Crippen molar-refractivity contribution >= 4 is 23.6 Å². The number of thiazole rings is 1. The van der Waals surface area contributed by atoms with E-state index >= 15 is 0 Å². The highest BCUT2D eigenvalue weighted by Gasteiger charge is 2.22. The molecule has 0 spiro atoms. The van der Waals surface area contributed by atoms with Gasteiger partial charge in [-0.3, -0.25) is 9.59 Å². The fourth-order valence-corrected chi connectivity index (χ4v) is 4.21. The molecule has 0 fully saturated rings. The first kappa shape index (κ1) is 35.3. The molecule has 8 heteroatoms. The molecule has 2 aromatic rings. The molecular weight excluding hydrogens is 500 g/mol. The number of ether oxygens (including phenoxy) is 1. The van der Waals surface area contributed by atoms with Crippen molar-refractivity contribution in [3.05, 3.63) is 61.7 Å². The van der Waals surface area contributed by atoms with Crippen LogP contribution < -0.4 is 10.9 Å². The molecule has 0 bridgehead atoms. The molecule has 2 aromatic heterocycles. The van der Waals surface area contributed by atoms with Crippen LogP contribution in [0, 0.1) is 18.8 Å². The van der Waals surface area contributed by atoms with E-state index in [1.807, 2.05) is 70.6 Å². The Morgan fingerprint density at radius 3 is 2.34 bits per heavy atom. The van der Waals surface area contributed by atoms with Crippen LogP contribution in [0.2, 0.25) is 0 Å². The zero-order valence-electron chi connectivity index (χ0n) is 24.8. The molecule has 0 aliphatic carbocycles. The number of carbonyl (C=O) groups is 2. The summed E-state index contributed by atoms with van der Waals surface area (Å²) in [5.41, 5.74) is 0.424. The van der Waals surface area contributed by atoms with Gasteiger partial charge in [0.15, 0.2) is 5.78 Å². The van der Waals surface area contributed by atoms with Crippen molar-refractivity contribution < 1.29 is 18.7 Å². The number of Topliss-reactive ketones (excluding diaryl/α,β-unsaturated/α-hetero) is 1. The number of aryl methyl sites for hydroxylation is 3. The Morgan fingerprint density at radius 1 is 1.21 bits per heavy atom. The fraction of sp³-hybridized carbons (Fsp3) is 0.600. The summed E-state index contributed by atoms with van der Waals surface area (Å²) in [6.07, 6.45) is 12.0. The van der Waals surface area contributed by atoms with Crippen LogP contribution in [-0.4, -0.2) is 31.4 Å². The molecule has 0 amide bonds. The highest BCUT2D eigenvalue weighted by atomic mass is 32.1. The lowest BCUT2D eigenvalue weighted by atomic mass is 9.94. The summed E-state index contributed by atoms with van der Waals surface area (Å²) in [4.78, 5) is 39.2. The highest BCUT2D eigenvalue weighted by Crippen LogP contribution is 2.23. The average molecular weight is 549 g/mol. The summed E-state index contributed by atoms with van der Waals surface area (Å²) in [6, 6.07) is 1.84. The van der Waals surface area contributed by atoms with Crippen molar-refractivity contribution in [2.45, 2.75) is 92.9 Å². The quantitative estimate of drug-likeness (QED) is 0.215. The van der Waals surface area contributed by atoms with Crippen LogP contribution in [0.1, 0.15) is 105 Å². The van der Waals surface area contributed by atoms with Gasteiger partial charge in [-0.15, -0.1) is 11.3 Å². The van der Waals surface area contributed by atoms with Gasteiger partial charge < -0.3 is 14.5 Å². The Morgan fingerprint density at radius 2 is 1.87 bits per heavy atom. The van der Waals surface area contributed by atoms with Crippen molar-refractivity contribution in [3.8, 4) is 0 Å². The van der Waals surface area contributed by atoms with E-state index in [0.717, 1.165) is 31.6 Å². The van der Waals surface area contributed by atoms with Crippen molar-refractivity contribution in [2.75, 3.05) is 14.2 Å². The van der Waals surface area contributed by atoms with E-state index in [1.165, 1.54) is 23.4 Å².